The van der Waals surface area contributed by atoms with Gasteiger partial charge in [0.1, 0.15) is 0 Å². The van der Waals surface area contributed by atoms with Crippen molar-refractivity contribution >= 4 is 5.91 Å². The quantitative estimate of drug-likeness (QED) is 0.348. The summed E-state index contributed by atoms with van der Waals surface area (Å²) in [5, 5.41) is 5.91. The normalized spacial score (nSPS) is 9.13. The number of pyridine rings is 1. The number of aryl methyl sites for hydroxylation is 1. The number of carbonyl (C=O) groups is 1. The molecule has 1 amide bonds. The summed E-state index contributed by atoms with van der Waals surface area (Å²) in [5.41, 5.74) is 9.38. The van der Waals surface area contributed by atoms with E-state index in [-0.39, 0.29) is 12.5 Å². The molecule has 1 aromatic heterocycles. The first kappa shape index (κ1) is 11.0. The Labute approximate surface area is 87.0 Å². The largest absolute Gasteiger partial charge is 0.352 e. The number of nitrogens with zero attached hydrogens (tertiary/aromatic N) is 4. The van der Waals surface area contributed by atoms with Crippen LogP contribution >= 0.6 is 0 Å². The lowest BCUT2D eigenvalue weighted by Crippen LogP contribution is -2.25. The van der Waals surface area contributed by atoms with Gasteiger partial charge in [-0.1, -0.05) is 5.11 Å². The van der Waals surface area contributed by atoms with Crippen LogP contribution in [-0.4, -0.2) is 24.0 Å². The molecule has 0 radical (unpaired) electrons. The molecule has 0 fully saturated rings. The fourth-order valence-electron chi connectivity index (χ4n) is 0.968. The molecule has 1 rings (SSSR count). The first-order valence-corrected chi connectivity index (χ1v) is 4.46. The minimum absolute atomic E-state index is 0.212. The minimum atomic E-state index is -0.212. The van der Waals surface area contributed by atoms with Gasteiger partial charge < -0.3 is 5.32 Å². The number of azide groups is 1. The van der Waals surface area contributed by atoms with Crippen molar-refractivity contribution in [3.05, 3.63) is 40.0 Å². The molecule has 0 aliphatic carbocycles. The highest BCUT2D eigenvalue weighted by Crippen LogP contribution is 1.98. The number of hydrogen-bond acceptors (Lipinski definition) is 3. The monoisotopic (exact) mass is 205 g/mol. The highest BCUT2D eigenvalue weighted by molar-refractivity contribution is 5.93. The average molecular weight is 205 g/mol. The summed E-state index contributed by atoms with van der Waals surface area (Å²) >= 11 is 0. The molecule has 0 spiro atoms. The third-order valence-corrected chi connectivity index (χ3v) is 1.73. The van der Waals surface area contributed by atoms with E-state index in [2.05, 4.69) is 20.3 Å². The molecule has 0 bridgehead atoms. The molecule has 1 heterocycles. The van der Waals surface area contributed by atoms with E-state index in [0.29, 0.717) is 12.1 Å². The number of amides is 1. The zero-order valence-corrected chi connectivity index (χ0v) is 8.34. The summed E-state index contributed by atoms with van der Waals surface area (Å²) in [6.45, 7) is 2.43. The van der Waals surface area contributed by atoms with Crippen LogP contribution in [0.1, 0.15) is 16.1 Å². The van der Waals surface area contributed by atoms with Gasteiger partial charge in [0.25, 0.3) is 5.91 Å². The Morgan fingerprint density at radius 3 is 3.07 bits per heavy atom. The maximum absolute atomic E-state index is 11.4. The molecule has 1 aromatic rings. The van der Waals surface area contributed by atoms with Crippen LogP contribution in [0.5, 0.6) is 0 Å². The molecule has 15 heavy (non-hydrogen) atoms. The molecule has 0 aliphatic rings. The summed E-state index contributed by atoms with van der Waals surface area (Å²) in [7, 11) is 0. The van der Waals surface area contributed by atoms with Crippen molar-refractivity contribution in [3.8, 4) is 0 Å². The van der Waals surface area contributed by atoms with E-state index < -0.39 is 0 Å². The van der Waals surface area contributed by atoms with Crippen molar-refractivity contribution in [1.82, 2.24) is 10.3 Å². The Bertz CT molecular complexity index is 380. The molecule has 78 valence electrons. The van der Waals surface area contributed by atoms with Crippen LogP contribution < -0.4 is 5.32 Å². The standard InChI is InChI=1S/C9H11N5O/c1-7-2-3-8(6-12-7)9(15)11-4-5-13-14-10/h2-3,6H,4-5H2,1H3,(H,11,15). The predicted octanol–water partition coefficient (Wildman–Crippen LogP) is 1.43. The van der Waals surface area contributed by atoms with Gasteiger partial charge in [0.15, 0.2) is 0 Å². The van der Waals surface area contributed by atoms with Gasteiger partial charge in [-0.2, -0.15) is 0 Å². The molecule has 6 heteroatoms. The van der Waals surface area contributed by atoms with Crippen LogP contribution in [0, 0.1) is 6.92 Å². The summed E-state index contributed by atoms with van der Waals surface area (Å²) in [6.07, 6.45) is 1.51. The van der Waals surface area contributed by atoms with Crippen molar-refractivity contribution < 1.29 is 4.79 Å². The van der Waals surface area contributed by atoms with Gasteiger partial charge in [0, 0.05) is 29.9 Å². The molecule has 1 N–H and O–H groups in total. The molecule has 0 aliphatic heterocycles. The minimum Gasteiger partial charge on any atom is -0.352 e. The summed E-state index contributed by atoms with van der Waals surface area (Å²) in [4.78, 5) is 18.0. The van der Waals surface area contributed by atoms with E-state index in [1.807, 2.05) is 6.92 Å². The fourth-order valence-corrected chi connectivity index (χ4v) is 0.968. The highest BCUT2D eigenvalue weighted by atomic mass is 16.1. The first-order chi connectivity index (χ1) is 7.24. The zero-order chi connectivity index (χ0) is 11.1. The molecule has 6 nitrogen and oxygen atoms in total. The lowest BCUT2D eigenvalue weighted by Gasteiger charge is -2.02. The van der Waals surface area contributed by atoms with Crippen molar-refractivity contribution in [3.63, 3.8) is 0 Å². The number of hydrogen-bond donors (Lipinski definition) is 1. The van der Waals surface area contributed by atoms with Crippen molar-refractivity contribution in [2.45, 2.75) is 6.92 Å². The van der Waals surface area contributed by atoms with Gasteiger partial charge in [-0.15, -0.1) is 0 Å². The Morgan fingerprint density at radius 1 is 1.67 bits per heavy atom. The van der Waals surface area contributed by atoms with Gasteiger partial charge in [0.05, 0.1) is 5.56 Å². The van der Waals surface area contributed by atoms with Crippen LogP contribution in [0.25, 0.3) is 10.4 Å². The molecule has 0 atom stereocenters. The topological polar surface area (TPSA) is 90.8 Å². The third kappa shape index (κ3) is 3.66. The van der Waals surface area contributed by atoms with Crippen molar-refractivity contribution in [2.75, 3.05) is 13.1 Å². The number of aromatic nitrogens is 1. The Morgan fingerprint density at radius 2 is 2.47 bits per heavy atom. The third-order valence-electron chi connectivity index (χ3n) is 1.73. The summed E-state index contributed by atoms with van der Waals surface area (Å²) in [6, 6.07) is 3.47. The van der Waals surface area contributed by atoms with Gasteiger partial charge in [-0.05, 0) is 24.6 Å². The van der Waals surface area contributed by atoms with Crippen LogP contribution in [0.3, 0.4) is 0 Å². The maximum atomic E-state index is 11.4. The average Bonchev–Trinajstić information content (AvgIpc) is 2.25. The highest BCUT2D eigenvalue weighted by Gasteiger charge is 2.03. The number of rotatable bonds is 4. The summed E-state index contributed by atoms with van der Waals surface area (Å²) < 4.78 is 0. The van der Waals surface area contributed by atoms with E-state index >= 15 is 0 Å². The van der Waals surface area contributed by atoms with Gasteiger partial charge in [-0.3, -0.25) is 9.78 Å². The lowest BCUT2D eigenvalue weighted by atomic mass is 10.2. The summed E-state index contributed by atoms with van der Waals surface area (Å²) in [5.74, 6) is -0.212. The van der Waals surface area contributed by atoms with Crippen LogP contribution in [0.15, 0.2) is 23.4 Å². The van der Waals surface area contributed by atoms with E-state index in [4.69, 9.17) is 5.53 Å². The fraction of sp³-hybridized carbons (Fsp3) is 0.333. The van der Waals surface area contributed by atoms with E-state index in [0.717, 1.165) is 5.69 Å². The second-order valence-electron chi connectivity index (χ2n) is 2.90. The molecular formula is C9H11N5O. The second-order valence-corrected chi connectivity index (χ2v) is 2.90. The van der Waals surface area contributed by atoms with Gasteiger partial charge in [-0.25, -0.2) is 0 Å². The van der Waals surface area contributed by atoms with Crippen LogP contribution in [-0.2, 0) is 0 Å². The van der Waals surface area contributed by atoms with E-state index in [1.165, 1.54) is 6.20 Å². The van der Waals surface area contributed by atoms with Crippen LogP contribution in [0.2, 0.25) is 0 Å². The molecule has 0 saturated heterocycles. The van der Waals surface area contributed by atoms with Gasteiger partial charge >= 0.3 is 0 Å². The van der Waals surface area contributed by atoms with E-state index in [1.54, 1.807) is 12.1 Å². The predicted molar refractivity (Wildman–Crippen MR) is 55.3 cm³/mol. The SMILES string of the molecule is Cc1ccc(C(=O)NCCN=[N+]=[N-])cn1. The Balaban J connectivity index is 2.46. The van der Waals surface area contributed by atoms with Gasteiger partial charge in [0.2, 0.25) is 0 Å². The number of carbonyl (C=O) groups excluding carboxylic acids is 1. The lowest BCUT2D eigenvalue weighted by molar-refractivity contribution is 0.0954. The molecule has 0 aromatic carbocycles. The molecule has 0 saturated carbocycles. The smallest absolute Gasteiger partial charge is 0.252 e. The number of nitrogens with one attached hydrogen (secondary N) is 1. The zero-order valence-electron chi connectivity index (χ0n) is 8.34. The molecule has 0 unspecified atom stereocenters. The Kier molecular flexibility index (Phi) is 4.12. The second kappa shape index (κ2) is 5.62. The Hall–Kier alpha value is -2.07. The maximum Gasteiger partial charge on any atom is 0.252 e. The van der Waals surface area contributed by atoms with Crippen molar-refractivity contribution in [2.24, 2.45) is 5.11 Å². The van der Waals surface area contributed by atoms with Crippen LogP contribution in [0.4, 0.5) is 0 Å². The van der Waals surface area contributed by atoms with Crippen molar-refractivity contribution in [1.29, 1.82) is 0 Å². The van der Waals surface area contributed by atoms with E-state index in [9.17, 15) is 4.79 Å². The molecular weight excluding hydrogens is 194 g/mol. The first-order valence-electron chi connectivity index (χ1n) is 4.46.